The average molecular weight is 305 g/mol. The van der Waals surface area contributed by atoms with Crippen molar-refractivity contribution in [2.75, 3.05) is 26.2 Å². The summed E-state index contributed by atoms with van der Waals surface area (Å²) >= 11 is 0. The van der Waals surface area contributed by atoms with E-state index in [1.165, 1.54) is 32.1 Å². The number of urea groups is 1. The number of hydrogen-bond donors (Lipinski definition) is 1. The Labute approximate surface area is 132 Å². The maximum atomic E-state index is 12.9. The van der Waals surface area contributed by atoms with E-state index in [0.29, 0.717) is 25.5 Å². The Balaban J connectivity index is 1.37. The van der Waals surface area contributed by atoms with Gasteiger partial charge < -0.3 is 15.1 Å². The van der Waals surface area contributed by atoms with Crippen LogP contribution in [0.5, 0.6) is 0 Å². The molecule has 4 aliphatic rings. The van der Waals surface area contributed by atoms with E-state index in [1.54, 1.807) is 0 Å². The molecule has 22 heavy (non-hydrogen) atoms. The molecule has 2 heterocycles. The first-order valence-electron chi connectivity index (χ1n) is 9.05. The van der Waals surface area contributed by atoms with Crippen LogP contribution in [0.25, 0.3) is 0 Å². The number of piperazine rings is 1. The van der Waals surface area contributed by atoms with Crippen molar-refractivity contribution in [2.45, 2.75) is 51.0 Å². The molecule has 3 amide bonds. The summed E-state index contributed by atoms with van der Waals surface area (Å²) in [6.07, 6.45) is 8.93. The van der Waals surface area contributed by atoms with Crippen LogP contribution in [0.15, 0.2) is 0 Å². The molecule has 2 aliphatic heterocycles. The molecular formula is C17H27N3O2. The molecule has 4 unspecified atom stereocenters. The van der Waals surface area contributed by atoms with Crippen LogP contribution < -0.4 is 5.32 Å². The fourth-order valence-electron chi connectivity index (χ4n) is 5.16. The van der Waals surface area contributed by atoms with Gasteiger partial charge in [0, 0.05) is 32.1 Å². The van der Waals surface area contributed by atoms with E-state index in [1.807, 2.05) is 9.80 Å². The molecule has 2 saturated heterocycles. The minimum absolute atomic E-state index is 0.0415. The zero-order chi connectivity index (χ0) is 15.1. The first-order valence-corrected chi connectivity index (χ1v) is 9.05. The Morgan fingerprint density at radius 2 is 1.86 bits per heavy atom. The smallest absolute Gasteiger partial charge is 0.317 e. The summed E-state index contributed by atoms with van der Waals surface area (Å²) in [6, 6.07) is 0.232. The summed E-state index contributed by atoms with van der Waals surface area (Å²) in [4.78, 5) is 28.5. The summed E-state index contributed by atoms with van der Waals surface area (Å²) in [6.45, 7) is 2.83. The zero-order valence-corrected chi connectivity index (χ0v) is 13.3. The Kier molecular flexibility index (Phi) is 3.74. The first-order chi connectivity index (χ1) is 10.7. The second-order valence-corrected chi connectivity index (χ2v) is 7.63. The minimum Gasteiger partial charge on any atom is -0.339 e. The van der Waals surface area contributed by atoms with Crippen LogP contribution in [0.2, 0.25) is 0 Å². The molecule has 0 aromatic heterocycles. The lowest BCUT2D eigenvalue weighted by molar-refractivity contribution is -0.140. The normalized spacial score (nSPS) is 38.3. The van der Waals surface area contributed by atoms with Crippen molar-refractivity contribution in [3.63, 3.8) is 0 Å². The van der Waals surface area contributed by atoms with E-state index in [2.05, 4.69) is 5.32 Å². The molecule has 0 spiro atoms. The summed E-state index contributed by atoms with van der Waals surface area (Å²) in [7, 11) is 0. The fraction of sp³-hybridized carbons (Fsp3) is 0.882. The summed E-state index contributed by atoms with van der Waals surface area (Å²) < 4.78 is 0. The maximum absolute atomic E-state index is 12.9. The van der Waals surface area contributed by atoms with Crippen LogP contribution in [0.1, 0.15) is 44.9 Å². The molecular weight excluding hydrogens is 278 g/mol. The molecule has 0 aromatic carbocycles. The Morgan fingerprint density at radius 3 is 2.73 bits per heavy atom. The minimum atomic E-state index is 0.0415. The van der Waals surface area contributed by atoms with Gasteiger partial charge >= 0.3 is 6.03 Å². The quantitative estimate of drug-likeness (QED) is 0.803. The molecule has 1 N–H and O–H groups in total. The molecule has 5 heteroatoms. The van der Waals surface area contributed by atoms with Crippen molar-refractivity contribution in [3.8, 4) is 0 Å². The number of carbonyl (C=O) groups is 2. The van der Waals surface area contributed by atoms with Gasteiger partial charge in [-0.3, -0.25) is 4.79 Å². The monoisotopic (exact) mass is 305 g/mol. The zero-order valence-electron chi connectivity index (χ0n) is 13.3. The van der Waals surface area contributed by atoms with E-state index in [9.17, 15) is 9.59 Å². The van der Waals surface area contributed by atoms with E-state index in [4.69, 9.17) is 0 Å². The van der Waals surface area contributed by atoms with Crippen LogP contribution in [0.3, 0.4) is 0 Å². The third kappa shape index (κ3) is 2.48. The van der Waals surface area contributed by atoms with E-state index in [0.717, 1.165) is 31.2 Å². The topological polar surface area (TPSA) is 52.7 Å². The molecule has 0 radical (unpaired) electrons. The maximum Gasteiger partial charge on any atom is 0.317 e. The second-order valence-electron chi connectivity index (χ2n) is 7.63. The number of rotatable bonds is 1. The summed E-state index contributed by atoms with van der Waals surface area (Å²) in [5, 5.41) is 2.89. The number of carbonyl (C=O) groups excluding carboxylic acids is 2. The van der Waals surface area contributed by atoms with Crippen LogP contribution in [0.4, 0.5) is 4.79 Å². The van der Waals surface area contributed by atoms with Gasteiger partial charge in [0.2, 0.25) is 5.91 Å². The largest absolute Gasteiger partial charge is 0.339 e. The predicted molar refractivity (Wildman–Crippen MR) is 83.3 cm³/mol. The van der Waals surface area contributed by atoms with Crippen molar-refractivity contribution in [1.82, 2.24) is 15.1 Å². The van der Waals surface area contributed by atoms with Crippen LogP contribution in [-0.4, -0.2) is 54.0 Å². The number of fused-ring (bicyclic) bond motifs is 2. The Morgan fingerprint density at radius 1 is 1.05 bits per heavy atom. The Bertz CT molecular complexity index is 467. The highest BCUT2D eigenvalue weighted by Crippen LogP contribution is 2.43. The number of nitrogens with zero attached hydrogens (tertiary/aromatic N) is 2. The summed E-state index contributed by atoms with van der Waals surface area (Å²) in [5.74, 6) is 2.30. The van der Waals surface area contributed by atoms with E-state index >= 15 is 0 Å². The van der Waals surface area contributed by atoms with Crippen LogP contribution in [0, 0.1) is 17.8 Å². The Hall–Kier alpha value is -1.26. The average Bonchev–Trinajstić information content (AvgIpc) is 2.94. The van der Waals surface area contributed by atoms with Crippen LogP contribution in [-0.2, 0) is 4.79 Å². The highest BCUT2D eigenvalue weighted by atomic mass is 16.2. The summed E-state index contributed by atoms with van der Waals surface area (Å²) in [5.41, 5.74) is 0. The van der Waals surface area contributed by atoms with Gasteiger partial charge in [0.25, 0.3) is 0 Å². The third-order valence-corrected chi connectivity index (χ3v) is 6.43. The number of amides is 3. The first kappa shape index (κ1) is 14.3. The highest BCUT2D eigenvalue weighted by molar-refractivity contribution is 5.81. The van der Waals surface area contributed by atoms with Gasteiger partial charge in [-0.05, 0) is 31.1 Å². The molecule has 4 fully saturated rings. The van der Waals surface area contributed by atoms with Gasteiger partial charge in [0.05, 0.1) is 6.04 Å². The lowest BCUT2D eigenvalue weighted by Gasteiger charge is -2.42. The van der Waals surface area contributed by atoms with Gasteiger partial charge in [-0.25, -0.2) is 4.79 Å². The SMILES string of the molecule is O=C(C1CCC2CCCCC2C1)N1CCN2C(=O)NCC2C1. The predicted octanol–water partition coefficient (Wildman–Crippen LogP) is 1.83. The third-order valence-electron chi connectivity index (χ3n) is 6.43. The molecule has 4 rings (SSSR count). The lowest BCUT2D eigenvalue weighted by atomic mass is 9.67. The molecule has 0 aromatic rings. The van der Waals surface area contributed by atoms with E-state index in [-0.39, 0.29) is 18.0 Å². The van der Waals surface area contributed by atoms with Gasteiger partial charge in [0.15, 0.2) is 0 Å². The number of hydrogen-bond acceptors (Lipinski definition) is 2. The van der Waals surface area contributed by atoms with Gasteiger partial charge in [-0.1, -0.05) is 25.7 Å². The fourth-order valence-corrected chi connectivity index (χ4v) is 5.16. The lowest BCUT2D eigenvalue weighted by Crippen LogP contribution is -2.55. The molecule has 0 bridgehead atoms. The van der Waals surface area contributed by atoms with Gasteiger partial charge in [0.1, 0.15) is 0 Å². The molecule has 2 saturated carbocycles. The molecule has 2 aliphatic carbocycles. The standard InChI is InChI=1S/C17H27N3O2/c21-16(14-6-5-12-3-1-2-4-13(12)9-14)19-7-8-20-15(11-19)10-18-17(20)22/h12-15H,1-11H2,(H,18,22). The van der Waals surface area contributed by atoms with Crippen molar-refractivity contribution in [3.05, 3.63) is 0 Å². The molecule has 4 atom stereocenters. The molecule has 122 valence electrons. The van der Waals surface area contributed by atoms with E-state index < -0.39 is 0 Å². The van der Waals surface area contributed by atoms with Crippen molar-refractivity contribution >= 4 is 11.9 Å². The van der Waals surface area contributed by atoms with Gasteiger partial charge in [-0.2, -0.15) is 0 Å². The molecule has 5 nitrogen and oxygen atoms in total. The van der Waals surface area contributed by atoms with Gasteiger partial charge in [-0.15, -0.1) is 0 Å². The second kappa shape index (κ2) is 5.74. The van der Waals surface area contributed by atoms with Crippen molar-refractivity contribution in [2.24, 2.45) is 17.8 Å². The highest BCUT2D eigenvalue weighted by Gasteiger charge is 2.40. The van der Waals surface area contributed by atoms with Crippen LogP contribution >= 0.6 is 0 Å². The number of nitrogens with one attached hydrogen (secondary N) is 1. The van der Waals surface area contributed by atoms with Crippen molar-refractivity contribution in [1.29, 1.82) is 0 Å². The van der Waals surface area contributed by atoms with Crippen molar-refractivity contribution < 1.29 is 9.59 Å².